The summed E-state index contributed by atoms with van der Waals surface area (Å²) < 4.78 is 13.2. The Morgan fingerprint density at radius 1 is 1.50 bits per heavy atom. The number of hydrogen-bond donors (Lipinski definition) is 1. The topological polar surface area (TPSA) is 52.9 Å². The number of nitrogens with zero attached hydrogens (tertiary/aromatic N) is 1. The van der Waals surface area contributed by atoms with E-state index in [0.717, 1.165) is 11.8 Å². The number of benzene rings is 1. The third kappa shape index (κ3) is 4.32. The van der Waals surface area contributed by atoms with Crippen molar-refractivity contribution in [3.63, 3.8) is 0 Å². The summed E-state index contributed by atoms with van der Waals surface area (Å²) >= 11 is 1.14. The molecule has 0 aliphatic heterocycles. The summed E-state index contributed by atoms with van der Waals surface area (Å²) in [5.74, 6) is -0.354. The molecule has 0 aliphatic rings. The SMILES string of the molecule is N#CCCNC(=O)CSc1ccccc1F. The highest BCUT2D eigenvalue weighted by Crippen LogP contribution is 2.20. The Morgan fingerprint density at radius 3 is 2.94 bits per heavy atom. The summed E-state index contributed by atoms with van der Waals surface area (Å²) in [6.07, 6.45) is 0.288. The second-order valence-corrected chi connectivity index (χ2v) is 3.99. The van der Waals surface area contributed by atoms with E-state index in [1.807, 2.05) is 6.07 Å². The van der Waals surface area contributed by atoms with Crippen molar-refractivity contribution < 1.29 is 9.18 Å². The lowest BCUT2D eigenvalue weighted by Crippen LogP contribution is -2.25. The number of halogens is 1. The molecule has 84 valence electrons. The second kappa shape index (κ2) is 6.85. The summed E-state index contributed by atoms with van der Waals surface area (Å²) in [7, 11) is 0. The number of nitriles is 1. The Labute approximate surface area is 97.6 Å². The van der Waals surface area contributed by atoms with Gasteiger partial charge in [0.05, 0.1) is 18.2 Å². The molecule has 5 heteroatoms. The van der Waals surface area contributed by atoms with Crippen LogP contribution in [0.4, 0.5) is 4.39 Å². The van der Waals surface area contributed by atoms with Crippen molar-refractivity contribution in [1.29, 1.82) is 5.26 Å². The fraction of sp³-hybridized carbons (Fsp3) is 0.273. The molecule has 0 spiro atoms. The third-order valence-electron chi connectivity index (χ3n) is 1.75. The first-order valence-corrected chi connectivity index (χ1v) is 5.73. The van der Waals surface area contributed by atoms with E-state index in [9.17, 15) is 9.18 Å². The largest absolute Gasteiger partial charge is 0.354 e. The molecule has 0 aromatic heterocycles. The average Bonchev–Trinajstić information content (AvgIpc) is 2.28. The van der Waals surface area contributed by atoms with E-state index >= 15 is 0 Å². The minimum absolute atomic E-state index is 0.159. The highest BCUT2D eigenvalue weighted by molar-refractivity contribution is 8.00. The van der Waals surface area contributed by atoms with Gasteiger partial charge in [0.15, 0.2) is 0 Å². The van der Waals surface area contributed by atoms with E-state index in [2.05, 4.69) is 5.32 Å². The van der Waals surface area contributed by atoms with Gasteiger partial charge in [-0.25, -0.2) is 4.39 Å². The number of hydrogen-bond acceptors (Lipinski definition) is 3. The highest BCUT2D eigenvalue weighted by atomic mass is 32.2. The number of nitrogens with one attached hydrogen (secondary N) is 1. The Morgan fingerprint density at radius 2 is 2.25 bits per heavy atom. The van der Waals surface area contributed by atoms with Crippen LogP contribution in [-0.4, -0.2) is 18.2 Å². The molecular formula is C11H11FN2OS. The molecule has 0 atom stereocenters. The van der Waals surface area contributed by atoms with Crippen molar-refractivity contribution in [1.82, 2.24) is 5.32 Å². The zero-order chi connectivity index (χ0) is 11.8. The van der Waals surface area contributed by atoms with Crippen LogP contribution in [-0.2, 0) is 4.79 Å². The molecule has 16 heavy (non-hydrogen) atoms. The van der Waals surface area contributed by atoms with Gasteiger partial charge >= 0.3 is 0 Å². The Hall–Kier alpha value is -1.54. The quantitative estimate of drug-likeness (QED) is 0.630. The molecule has 3 nitrogen and oxygen atoms in total. The molecule has 0 saturated carbocycles. The minimum atomic E-state index is -0.322. The van der Waals surface area contributed by atoms with Crippen molar-refractivity contribution in [2.75, 3.05) is 12.3 Å². The first kappa shape index (κ1) is 12.5. The van der Waals surface area contributed by atoms with Crippen LogP contribution in [0.3, 0.4) is 0 Å². The molecule has 1 N–H and O–H groups in total. The van der Waals surface area contributed by atoms with Gasteiger partial charge in [0, 0.05) is 11.4 Å². The summed E-state index contributed by atoms with van der Waals surface area (Å²) in [6, 6.07) is 8.23. The van der Waals surface area contributed by atoms with Crippen LogP contribution in [0.5, 0.6) is 0 Å². The van der Waals surface area contributed by atoms with E-state index in [1.165, 1.54) is 6.07 Å². The highest BCUT2D eigenvalue weighted by Gasteiger charge is 2.05. The van der Waals surface area contributed by atoms with Crippen LogP contribution in [0.15, 0.2) is 29.2 Å². The van der Waals surface area contributed by atoms with Gasteiger partial charge in [-0.3, -0.25) is 4.79 Å². The van der Waals surface area contributed by atoms with E-state index in [4.69, 9.17) is 5.26 Å². The smallest absolute Gasteiger partial charge is 0.230 e. The minimum Gasteiger partial charge on any atom is -0.354 e. The predicted molar refractivity (Wildman–Crippen MR) is 60.4 cm³/mol. The average molecular weight is 238 g/mol. The summed E-state index contributed by atoms with van der Waals surface area (Å²) in [4.78, 5) is 11.7. The Kier molecular flexibility index (Phi) is 5.37. The molecular weight excluding hydrogens is 227 g/mol. The number of carbonyl (C=O) groups excluding carboxylic acids is 1. The van der Waals surface area contributed by atoms with Crippen LogP contribution in [0, 0.1) is 17.1 Å². The van der Waals surface area contributed by atoms with E-state index in [-0.39, 0.29) is 23.9 Å². The number of amides is 1. The Bertz CT molecular complexity index is 403. The fourth-order valence-electron chi connectivity index (χ4n) is 1.01. The zero-order valence-electron chi connectivity index (χ0n) is 8.57. The maximum absolute atomic E-state index is 13.2. The molecule has 1 aromatic carbocycles. The maximum Gasteiger partial charge on any atom is 0.230 e. The molecule has 0 fully saturated rings. The monoisotopic (exact) mass is 238 g/mol. The second-order valence-electron chi connectivity index (χ2n) is 2.98. The summed E-state index contributed by atoms with van der Waals surface area (Å²) in [6.45, 7) is 0.340. The molecule has 0 unspecified atom stereocenters. The lowest BCUT2D eigenvalue weighted by molar-refractivity contribution is -0.118. The third-order valence-corrected chi connectivity index (χ3v) is 2.80. The lowest BCUT2D eigenvalue weighted by atomic mass is 10.3. The number of rotatable bonds is 5. The molecule has 0 saturated heterocycles. The fourth-order valence-corrected chi connectivity index (χ4v) is 1.78. The molecule has 0 heterocycles. The van der Waals surface area contributed by atoms with E-state index in [1.54, 1.807) is 18.2 Å². The van der Waals surface area contributed by atoms with Crippen LogP contribution < -0.4 is 5.32 Å². The van der Waals surface area contributed by atoms with E-state index in [0.29, 0.717) is 11.4 Å². The lowest BCUT2D eigenvalue weighted by Gasteiger charge is -2.03. The van der Waals surface area contributed by atoms with Crippen LogP contribution >= 0.6 is 11.8 Å². The summed E-state index contributed by atoms with van der Waals surface area (Å²) in [5, 5.41) is 10.8. The van der Waals surface area contributed by atoms with Gasteiger partial charge in [0.25, 0.3) is 0 Å². The molecule has 1 rings (SSSR count). The normalized spacial score (nSPS) is 9.50. The van der Waals surface area contributed by atoms with Crippen LogP contribution in [0.1, 0.15) is 6.42 Å². The standard InChI is InChI=1S/C11H11FN2OS/c12-9-4-1-2-5-10(9)16-8-11(15)14-7-3-6-13/h1-2,4-5H,3,7-8H2,(H,14,15). The van der Waals surface area contributed by atoms with E-state index < -0.39 is 0 Å². The van der Waals surface area contributed by atoms with Gasteiger partial charge in [0.1, 0.15) is 5.82 Å². The van der Waals surface area contributed by atoms with Crippen molar-refractivity contribution in [3.05, 3.63) is 30.1 Å². The predicted octanol–water partition coefficient (Wildman–Crippen LogP) is 1.95. The van der Waals surface area contributed by atoms with Gasteiger partial charge in [-0.15, -0.1) is 11.8 Å². The zero-order valence-corrected chi connectivity index (χ0v) is 9.39. The molecule has 0 aliphatic carbocycles. The van der Waals surface area contributed by atoms with Crippen molar-refractivity contribution in [3.8, 4) is 6.07 Å². The van der Waals surface area contributed by atoms with Crippen molar-refractivity contribution in [2.24, 2.45) is 0 Å². The first-order chi connectivity index (χ1) is 7.74. The molecule has 1 amide bonds. The van der Waals surface area contributed by atoms with Gasteiger partial charge in [-0.2, -0.15) is 5.26 Å². The van der Waals surface area contributed by atoms with Gasteiger partial charge in [-0.05, 0) is 12.1 Å². The van der Waals surface area contributed by atoms with Gasteiger partial charge < -0.3 is 5.32 Å². The van der Waals surface area contributed by atoms with Crippen molar-refractivity contribution >= 4 is 17.7 Å². The van der Waals surface area contributed by atoms with Crippen molar-refractivity contribution in [2.45, 2.75) is 11.3 Å². The Balaban J connectivity index is 2.32. The van der Waals surface area contributed by atoms with Crippen LogP contribution in [0.25, 0.3) is 0 Å². The van der Waals surface area contributed by atoms with Crippen LogP contribution in [0.2, 0.25) is 0 Å². The maximum atomic E-state index is 13.2. The number of thioether (sulfide) groups is 1. The number of carbonyl (C=O) groups is 1. The van der Waals surface area contributed by atoms with Gasteiger partial charge in [-0.1, -0.05) is 12.1 Å². The van der Waals surface area contributed by atoms with Gasteiger partial charge in [0.2, 0.25) is 5.91 Å². The molecule has 0 bridgehead atoms. The molecule has 1 aromatic rings. The summed E-state index contributed by atoms with van der Waals surface area (Å²) in [5.41, 5.74) is 0. The first-order valence-electron chi connectivity index (χ1n) is 4.75. The molecule has 0 radical (unpaired) electrons.